The maximum atomic E-state index is 5.45. The molecule has 1 atom stereocenters. The van der Waals surface area contributed by atoms with Crippen LogP contribution in [0.25, 0.3) is 0 Å². The molecule has 0 spiro atoms. The van der Waals surface area contributed by atoms with E-state index in [1.165, 1.54) is 12.8 Å². The molecule has 1 aliphatic heterocycles. The Kier molecular flexibility index (Phi) is 3.10. The van der Waals surface area contributed by atoms with Crippen LogP contribution in [0.1, 0.15) is 26.7 Å². The first-order chi connectivity index (χ1) is 6.71. The van der Waals surface area contributed by atoms with Crippen molar-refractivity contribution in [2.24, 2.45) is 5.41 Å². The summed E-state index contributed by atoms with van der Waals surface area (Å²) in [6.45, 7) is 7.69. The van der Waals surface area contributed by atoms with Gasteiger partial charge >= 0.3 is 0 Å². The third-order valence-corrected chi connectivity index (χ3v) is 3.58. The average Bonchev–Trinajstić information content (AvgIpc) is 2.92. The van der Waals surface area contributed by atoms with Crippen molar-refractivity contribution in [3.05, 3.63) is 0 Å². The predicted molar refractivity (Wildman–Crippen MR) is 55.4 cm³/mol. The largest absolute Gasteiger partial charge is 0.377 e. The van der Waals surface area contributed by atoms with Crippen LogP contribution in [0.2, 0.25) is 0 Å². The molecule has 0 amide bonds. The zero-order chi connectivity index (χ0) is 10.0. The molecule has 1 unspecified atom stereocenters. The van der Waals surface area contributed by atoms with Crippen molar-refractivity contribution in [3.8, 4) is 0 Å². The van der Waals surface area contributed by atoms with Crippen LogP contribution in [-0.2, 0) is 9.47 Å². The van der Waals surface area contributed by atoms with Gasteiger partial charge in [0, 0.05) is 6.04 Å². The first kappa shape index (κ1) is 10.4. The molecule has 1 aliphatic carbocycles. The number of hydrogen-bond donors (Lipinski definition) is 1. The van der Waals surface area contributed by atoms with Crippen molar-refractivity contribution in [2.45, 2.75) is 38.8 Å². The summed E-state index contributed by atoms with van der Waals surface area (Å²) in [7, 11) is 0. The standard InChI is InChI=1S/C11H21NO2/c1-9(11(2)3-4-11)12-10-7-13-5-6-14-8-10/h9-10,12H,3-8H2,1-2H3. The molecule has 2 rings (SSSR count). The summed E-state index contributed by atoms with van der Waals surface area (Å²) in [6, 6.07) is 0.961. The topological polar surface area (TPSA) is 30.5 Å². The minimum atomic E-state index is 0.380. The summed E-state index contributed by atoms with van der Waals surface area (Å²) in [6.07, 6.45) is 2.71. The lowest BCUT2D eigenvalue weighted by Crippen LogP contribution is -2.45. The highest BCUT2D eigenvalue weighted by Crippen LogP contribution is 2.48. The van der Waals surface area contributed by atoms with E-state index in [4.69, 9.17) is 9.47 Å². The van der Waals surface area contributed by atoms with E-state index in [2.05, 4.69) is 19.2 Å². The Morgan fingerprint density at radius 3 is 2.29 bits per heavy atom. The normalized spacial score (nSPS) is 29.6. The molecule has 0 aromatic carbocycles. The highest BCUT2D eigenvalue weighted by Gasteiger charge is 2.42. The molecule has 1 saturated heterocycles. The molecule has 0 aromatic rings. The van der Waals surface area contributed by atoms with E-state index in [1.54, 1.807) is 0 Å². The third kappa shape index (κ3) is 2.47. The monoisotopic (exact) mass is 199 g/mol. The van der Waals surface area contributed by atoms with Gasteiger partial charge in [0.2, 0.25) is 0 Å². The number of ether oxygens (including phenoxy) is 2. The second kappa shape index (κ2) is 4.17. The molecule has 82 valence electrons. The van der Waals surface area contributed by atoms with Gasteiger partial charge in [0.15, 0.2) is 0 Å². The van der Waals surface area contributed by atoms with Crippen molar-refractivity contribution in [1.29, 1.82) is 0 Å². The average molecular weight is 199 g/mol. The SMILES string of the molecule is CC(NC1COCCOC1)C1(C)CC1. The van der Waals surface area contributed by atoms with E-state index in [0.29, 0.717) is 17.5 Å². The van der Waals surface area contributed by atoms with E-state index in [0.717, 1.165) is 26.4 Å². The number of nitrogens with one attached hydrogen (secondary N) is 1. The zero-order valence-electron chi connectivity index (χ0n) is 9.21. The van der Waals surface area contributed by atoms with Gasteiger partial charge in [0.25, 0.3) is 0 Å². The van der Waals surface area contributed by atoms with Gasteiger partial charge in [-0.25, -0.2) is 0 Å². The summed E-state index contributed by atoms with van der Waals surface area (Å²) < 4.78 is 10.9. The van der Waals surface area contributed by atoms with Gasteiger partial charge in [0.1, 0.15) is 0 Å². The quantitative estimate of drug-likeness (QED) is 0.740. The highest BCUT2D eigenvalue weighted by molar-refractivity contribution is 4.97. The number of rotatable bonds is 3. The Labute approximate surface area is 86.2 Å². The first-order valence-corrected chi connectivity index (χ1v) is 5.62. The predicted octanol–water partition coefficient (Wildman–Crippen LogP) is 1.18. The van der Waals surface area contributed by atoms with E-state index in [9.17, 15) is 0 Å². The summed E-state index contributed by atoms with van der Waals surface area (Å²) in [5.74, 6) is 0. The van der Waals surface area contributed by atoms with Gasteiger partial charge in [-0.3, -0.25) is 0 Å². The van der Waals surface area contributed by atoms with Gasteiger partial charge in [-0.2, -0.15) is 0 Å². The Balaban J connectivity index is 1.77. The fourth-order valence-corrected chi connectivity index (χ4v) is 1.90. The third-order valence-electron chi connectivity index (χ3n) is 3.58. The van der Waals surface area contributed by atoms with Gasteiger partial charge < -0.3 is 14.8 Å². The van der Waals surface area contributed by atoms with Crippen molar-refractivity contribution < 1.29 is 9.47 Å². The smallest absolute Gasteiger partial charge is 0.0701 e. The highest BCUT2D eigenvalue weighted by atomic mass is 16.5. The van der Waals surface area contributed by atoms with Crippen LogP contribution in [0.15, 0.2) is 0 Å². The maximum absolute atomic E-state index is 5.45. The molecule has 0 radical (unpaired) electrons. The summed E-state index contributed by atoms with van der Waals surface area (Å²) >= 11 is 0. The summed E-state index contributed by atoms with van der Waals surface area (Å²) in [5, 5.41) is 3.61. The Bertz CT molecular complexity index is 184. The summed E-state index contributed by atoms with van der Waals surface area (Å²) in [4.78, 5) is 0. The van der Waals surface area contributed by atoms with E-state index < -0.39 is 0 Å². The van der Waals surface area contributed by atoms with Gasteiger partial charge in [-0.1, -0.05) is 6.92 Å². The minimum absolute atomic E-state index is 0.380. The first-order valence-electron chi connectivity index (χ1n) is 5.62. The Morgan fingerprint density at radius 2 is 1.79 bits per heavy atom. The molecule has 3 heteroatoms. The lowest BCUT2D eigenvalue weighted by Gasteiger charge is -2.25. The van der Waals surface area contributed by atoms with Gasteiger partial charge in [-0.15, -0.1) is 0 Å². The maximum Gasteiger partial charge on any atom is 0.0701 e. The second-order valence-corrected chi connectivity index (χ2v) is 4.89. The second-order valence-electron chi connectivity index (χ2n) is 4.89. The molecule has 2 aliphatic rings. The van der Waals surface area contributed by atoms with Crippen molar-refractivity contribution >= 4 is 0 Å². The van der Waals surface area contributed by atoms with Gasteiger partial charge in [0.05, 0.1) is 32.5 Å². The molecular weight excluding hydrogens is 178 g/mol. The van der Waals surface area contributed by atoms with Crippen LogP contribution >= 0.6 is 0 Å². The minimum Gasteiger partial charge on any atom is -0.377 e. The Morgan fingerprint density at radius 1 is 1.21 bits per heavy atom. The van der Waals surface area contributed by atoms with Crippen LogP contribution in [0, 0.1) is 5.41 Å². The van der Waals surface area contributed by atoms with Crippen LogP contribution in [-0.4, -0.2) is 38.5 Å². The lowest BCUT2D eigenvalue weighted by atomic mass is 10.00. The molecule has 1 N–H and O–H groups in total. The molecule has 1 heterocycles. The van der Waals surface area contributed by atoms with Crippen molar-refractivity contribution in [2.75, 3.05) is 26.4 Å². The van der Waals surface area contributed by atoms with Crippen molar-refractivity contribution in [1.82, 2.24) is 5.32 Å². The Hall–Kier alpha value is -0.120. The molecule has 3 nitrogen and oxygen atoms in total. The fourth-order valence-electron chi connectivity index (χ4n) is 1.90. The lowest BCUT2D eigenvalue weighted by molar-refractivity contribution is 0.103. The molecule has 1 saturated carbocycles. The number of hydrogen-bond acceptors (Lipinski definition) is 3. The molecule has 0 bridgehead atoms. The fraction of sp³-hybridized carbons (Fsp3) is 1.00. The molecule has 14 heavy (non-hydrogen) atoms. The van der Waals surface area contributed by atoms with Gasteiger partial charge in [-0.05, 0) is 25.2 Å². The van der Waals surface area contributed by atoms with Crippen LogP contribution < -0.4 is 5.32 Å². The molecular formula is C11H21NO2. The van der Waals surface area contributed by atoms with Crippen LogP contribution in [0.5, 0.6) is 0 Å². The molecule has 0 aromatic heterocycles. The van der Waals surface area contributed by atoms with Crippen LogP contribution in [0.4, 0.5) is 0 Å². The van der Waals surface area contributed by atoms with E-state index >= 15 is 0 Å². The van der Waals surface area contributed by atoms with E-state index in [1.807, 2.05) is 0 Å². The van der Waals surface area contributed by atoms with E-state index in [-0.39, 0.29) is 0 Å². The summed E-state index contributed by atoms with van der Waals surface area (Å²) in [5.41, 5.74) is 0.534. The zero-order valence-corrected chi connectivity index (χ0v) is 9.21. The van der Waals surface area contributed by atoms with Crippen LogP contribution in [0.3, 0.4) is 0 Å². The molecule has 2 fully saturated rings. The van der Waals surface area contributed by atoms with Crippen molar-refractivity contribution in [3.63, 3.8) is 0 Å².